The van der Waals surface area contributed by atoms with Crippen LogP contribution in [-0.4, -0.2) is 43.1 Å². The Balaban J connectivity index is 0.00000225. The van der Waals surface area contributed by atoms with Crippen LogP contribution in [0.4, 0.5) is 5.69 Å². The smallest absolute Gasteiger partial charge is 0.267 e. The molecule has 2 heterocycles. The molecule has 0 spiro atoms. The maximum Gasteiger partial charge on any atom is 0.267 e. The van der Waals surface area contributed by atoms with Crippen LogP contribution in [0.5, 0.6) is 5.75 Å². The summed E-state index contributed by atoms with van der Waals surface area (Å²) in [6.07, 6.45) is 1.67. The lowest BCUT2D eigenvalue weighted by Gasteiger charge is -2.33. The Hall–Kier alpha value is -1.79. The van der Waals surface area contributed by atoms with Gasteiger partial charge in [-0.2, -0.15) is 0 Å². The number of nitrogens with zero attached hydrogens (tertiary/aromatic N) is 1. The van der Waals surface area contributed by atoms with Crippen LogP contribution in [-0.2, 0) is 9.59 Å². The molecule has 2 amide bonds. The van der Waals surface area contributed by atoms with E-state index in [9.17, 15) is 9.59 Å². The quantitative estimate of drug-likeness (QED) is 0.852. The molecule has 1 aromatic rings. The van der Waals surface area contributed by atoms with Crippen LogP contribution in [0.1, 0.15) is 33.1 Å². The Kier molecular flexibility index (Phi) is 6.67. The molecule has 3 rings (SSSR count). The van der Waals surface area contributed by atoms with Gasteiger partial charge < -0.3 is 20.3 Å². The van der Waals surface area contributed by atoms with Crippen LogP contribution >= 0.6 is 12.4 Å². The number of fused-ring (bicyclic) bond motifs is 1. The number of hydrogen-bond acceptors (Lipinski definition) is 4. The molecule has 0 bridgehead atoms. The van der Waals surface area contributed by atoms with Gasteiger partial charge in [-0.25, -0.2) is 0 Å². The fourth-order valence-electron chi connectivity index (χ4n) is 3.37. The molecule has 1 aromatic carbocycles. The first kappa shape index (κ1) is 19.5. The highest BCUT2D eigenvalue weighted by Gasteiger charge is 2.31. The second kappa shape index (κ2) is 8.54. The van der Waals surface area contributed by atoms with E-state index >= 15 is 0 Å². The third-order valence-electron chi connectivity index (χ3n) is 4.62. The molecule has 1 fully saturated rings. The number of ether oxygens (including phenoxy) is 1. The lowest BCUT2D eigenvalue weighted by Crippen LogP contribution is -2.48. The van der Waals surface area contributed by atoms with E-state index in [0.717, 1.165) is 25.1 Å². The van der Waals surface area contributed by atoms with Crippen molar-refractivity contribution in [2.75, 3.05) is 18.0 Å². The molecule has 25 heavy (non-hydrogen) atoms. The van der Waals surface area contributed by atoms with Crippen molar-refractivity contribution in [3.05, 3.63) is 24.3 Å². The highest BCUT2D eigenvalue weighted by molar-refractivity contribution is 6.00. The van der Waals surface area contributed by atoms with Crippen molar-refractivity contribution in [1.29, 1.82) is 0 Å². The lowest BCUT2D eigenvalue weighted by atomic mass is 10.0. The summed E-state index contributed by atoms with van der Waals surface area (Å²) in [5.74, 6) is 0.590. The zero-order chi connectivity index (χ0) is 17.1. The molecule has 0 aliphatic carbocycles. The van der Waals surface area contributed by atoms with Crippen LogP contribution in [0.2, 0.25) is 0 Å². The standard InChI is InChI=1S/C18H25N3O3.ClH/c1-12-11-14(7-9-19-12)20-17(22)8-10-21-15-5-3-4-6-16(15)24-13(2)18(21)23;/h3-6,12-14,19H,7-11H2,1-2H3,(H,20,22);1H. The fourth-order valence-corrected chi connectivity index (χ4v) is 3.37. The molecule has 3 atom stereocenters. The summed E-state index contributed by atoms with van der Waals surface area (Å²) in [4.78, 5) is 26.3. The zero-order valence-corrected chi connectivity index (χ0v) is 15.5. The van der Waals surface area contributed by atoms with Crippen molar-refractivity contribution in [3.8, 4) is 5.75 Å². The van der Waals surface area contributed by atoms with Crippen LogP contribution in [0.25, 0.3) is 0 Å². The lowest BCUT2D eigenvalue weighted by molar-refractivity contribution is -0.125. The SMILES string of the molecule is CC1CC(NC(=O)CCN2C(=O)C(C)Oc3ccccc32)CCN1.Cl. The summed E-state index contributed by atoms with van der Waals surface area (Å²) >= 11 is 0. The van der Waals surface area contributed by atoms with Crippen LogP contribution in [0.3, 0.4) is 0 Å². The third-order valence-corrected chi connectivity index (χ3v) is 4.62. The first-order valence-electron chi connectivity index (χ1n) is 8.64. The van der Waals surface area contributed by atoms with Gasteiger partial charge in [0.15, 0.2) is 6.10 Å². The van der Waals surface area contributed by atoms with E-state index in [4.69, 9.17) is 4.74 Å². The van der Waals surface area contributed by atoms with E-state index in [2.05, 4.69) is 17.6 Å². The van der Waals surface area contributed by atoms with Gasteiger partial charge >= 0.3 is 0 Å². The van der Waals surface area contributed by atoms with Gasteiger partial charge in [-0.3, -0.25) is 9.59 Å². The largest absolute Gasteiger partial charge is 0.479 e. The molecule has 2 N–H and O–H groups in total. The number of carbonyl (C=O) groups is 2. The van der Waals surface area contributed by atoms with Gasteiger partial charge in [-0.15, -0.1) is 12.4 Å². The van der Waals surface area contributed by atoms with E-state index in [1.54, 1.807) is 11.8 Å². The number of rotatable bonds is 4. The van der Waals surface area contributed by atoms with Crippen molar-refractivity contribution >= 4 is 29.9 Å². The van der Waals surface area contributed by atoms with E-state index in [1.807, 2.05) is 24.3 Å². The molecule has 3 unspecified atom stereocenters. The van der Waals surface area contributed by atoms with E-state index in [0.29, 0.717) is 24.8 Å². The van der Waals surface area contributed by atoms with Gasteiger partial charge in [0.25, 0.3) is 5.91 Å². The number of anilines is 1. The molecular weight excluding hydrogens is 342 g/mol. The number of hydrogen-bond donors (Lipinski definition) is 2. The van der Waals surface area contributed by atoms with Gasteiger partial charge in [-0.05, 0) is 45.4 Å². The average molecular weight is 368 g/mol. The molecule has 0 saturated carbocycles. The Morgan fingerprint density at radius 3 is 2.88 bits per heavy atom. The maximum atomic E-state index is 12.4. The van der Waals surface area contributed by atoms with Crippen molar-refractivity contribution in [3.63, 3.8) is 0 Å². The highest BCUT2D eigenvalue weighted by Crippen LogP contribution is 2.33. The number of para-hydroxylation sites is 2. The average Bonchev–Trinajstić information content (AvgIpc) is 2.55. The second-order valence-electron chi connectivity index (χ2n) is 6.61. The molecule has 7 heteroatoms. The third kappa shape index (κ3) is 4.64. The van der Waals surface area contributed by atoms with Gasteiger partial charge in [0.05, 0.1) is 5.69 Å². The molecule has 2 aliphatic rings. The molecule has 138 valence electrons. The number of nitrogens with one attached hydrogen (secondary N) is 2. The Morgan fingerprint density at radius 1 is 1.36 bits per heavy atom. The number of piperidine rings is 1. The number of carbonyl (C=O) groups excluding carboxylic acids is 2. The van der Waals surface area contributed by atoms with Gasteiger partial charge in [-0.1, -0.05) is 12.1 Å². The minimum atomic E-state index is -0.520. The number of amides is 2. The Labute approximate surface area is 154 Å². The van der Waals surface area contributed by atoms with E-state index in [-0.39, 0.29) is 30.3 Å². The molecular formula is C18H26ClN3O3. The summed E-state index contributed by atoms with van der Waals surface area (Å²) in [5.41, 5.74) is 0.740. The zero-order valence-electron chi connectivity index (χ0n) is 14.7. The maximum absolute atomic E-state index is 12.4. The summed E-state index contributed by atoms with van der Waals surface area (Å²) in [6, 6.07) is 8.10. The first-order chi connectivity index (χ1) is 11.5. The molecule has 0 radical (unpaired) electrons. The van der Waals surface area contributed by atoms with Gasteiger partial charge in [0.1, 0.15) is 5.75 Å². The van der Waals surface area contributed by atoms with Gasteiger partial charge in [0, 0.05) is 25.0 Å². The summed E-state index contributed by atoms with van der Waals surface area (Å²) < 4.78 is 5.62. The number of halogens is 1. The molecule has 6 nitrogen and oxygen atoms in total. The fraction of sp³-hybridized carbons (Fsp3) is 0.556. The topological polar surface area (TPSA) is 70.7 Å². The van der Waals surface area contributed by atoms with Crippen LogP contribution in [0, 0.1) is 0 Å². The van der Waals surface area contributed by atoms with Crippen molar-refractivity contribution < 1.29 is 14.3 Å². The first-order valence-corrected chi connectivity index (χ1v) is 8.64. The highest BCUT2D eigenvalue weighted by atomic mass is 35.5. The summed E-state index contributed by atoms with van der Waals surface area (Å²) in [6.45, 7) is 5.17. The minimum absolute atomic E-state index is 0. The van der Waals surface area contributed by atoms with E-state index < -0.39 is 6.10 Å². The van der Waals surface area contributed by atoms with Gasteiger partial charge in [0.2, 0.25) is 5.91 Å². The molecule has 0 aromatic heterocycles. The summed E-state index contributed by atoms with van der Waals surface area (Å²) in [5, 5.41) is 6.46. The monoisotopic (exact) mass is 367 g/mol. The molecule has 1 saturated heterocycles. The van der Waals surface area contributed by atoms with Crippen molar-refractivity contribution in [1.82, 2.24) is 10.6 Å². The second-order valence-corrected chi connectivity index (χ2v) is 6.61. The summed E-state index contributed by atoms with van der Waals surface area (Å²) in [7, 11) is 0. The van der Waals surface area contributed by atoms with Crippen LogP contribution in [0.15, 0.2) is 24.3 Å². The normalized spacial score (nSPS) is 25.4. The molecule has 2 aliphatic heterocycles. The van der Waals surface area contributed by atoms with Crippen LogP contribution < -0.4 is 20.3 Å². The van der Waals surface area contributed by atoms with Crippen molar-refractivity contribution in [2.45, 2.75) is 51.3 Å². The predicted octanol–water partition coefficient (Wildman–Crippen LogP) is 1.87. The van der Waals surface area contributed by atoms with E-state index in [1.165, 1.54) is 0 Å². The number of benzene rings is 1. The van der Waals surface area contributed by atoms with Crippen molar-refractivity contribution in [2.24, 2.45) is 0 Å². The predicted molar refractivity (Wildman–Crippen MR) is 99.4 cm³/mol. The Bertz CT molecular complexity index is 625. The Morgan fingerprint density at radius 2 is 2.12 bits per heavy atom. The minimum Gasteiger partial charge on any atom is -0.479 e.